The van der Waals surface area contributed by atoms with Crippen LogP contribution in [0.1, 0.15) is 21.5 Å². The quantitative estimate of drug-likeness (QED) is 0.729. The topological polar surface area (TPSA) is 17.1 Å². The summed E-state index contributed by atoms with van der Waals surface area (Å²) >= 11 is 11.9. The Morgan fingerprint density at radius 3 is 2.29 bits per heavy atom. The molecule has 0 aliphatic carbocycles. The summed E-state index contributed by atoms with van der Waals surface area (Å²) in [5, 5.41) is 0.698. The Morgan fingerprint density at radius 2 is 1.65 bits per heavy atom. The number of halogens is 2. The average Bonchev–Trinajstić information content (AvgIpc) is 2.33. The van der Waals surface area contributed by atoms with Gasteiger partial charge in [-0.1, -0.05) is 59.1 Å². The molecule has 0 radical (unpaired) electrons. The van der Waals surface area contributed by atoms with Gasteiger partial charge in [-0.25, -0.2) is 0 Å². The first-order valence-electron chi connectivity index (χ1n) is 5.15. The van der Waals surface area contributed by atoms with E-state index in [0.29, 0.717) is 21.2 Å². The number of ketones is 1. The molecular weight excluding hydrogens is 255 g/mol. The van der Waals surface area contributed by atoms with Gasteiger partial charge in [-0.2, -0.15) is 0 Å². The van der Waals surface area contributed by atoms with Crippen molar-refractivity contribution in [2.75, 3.05) is 0 Å². The van der Waals surface area contributed by atoms with Crippen LogP contribution in [0.2, 0.25) is 10.0 Å². The minimum Gasteiger partial charge on any atom is -0.289 e. The molecule has 0 unspecified atom stereocenters. The lowest BCUT2D eigenvalue weighted by atomic mass is 10.0. The molecule has 2 rings (SSSR count). The minimum absolute atomic E-state index is 0.113. The van der Waals surface area contributed by atoms with E-state index < -0.39 is 0 Å². The molecule has 0 aromatic heterocycles. The molecule has 17 heavy (non-hydrogen) atoms. The number of aryl methyl sites for hydroxylation is 1. The van der Waals surface area contributed by atoms with Crippen molar-refractivity contribution in [2.24, 2.45) is 0 Å². The molecule has 0 heterocycles. The Balaban J connectivity index is 2.44. The molecule has 86 valence electrons. The van der Waals surface area contributed by atoms with Crippen molar-refractivity contribution in [2.45, 2.75) is 6.92 Å². The van der Waals surface area contributed by atoms with Gasteiger partial charge in [0.2, 0.25) is 0 Å². The summed E-state index contributed by atoms with van der Waals surface area (Å²) in [4.78, 5) is 12.2. The number of rotatable bonds is 2. The standard InChI is InChI=1S/C14H10Cl2O/c1-9-5-7-10(8-6-9)14(17)11-3-2-4-12(15)13(11)16/h2-8H,1H3. The van der Waals surface area contributed by atoms with E-state index in [-0.39, 0.29) is 5.78 Å². The fourth-order valence-corrected chi connectivity index (χ4v) is 1.93. The first-order chi connectivity index (χ1) is 8.09. The van der Waals surface area contributed by atoms with E-state index in [0.717, 1.165) is 5.56 Å². The minimum atomic E-state index is -0.113. The molecule has 3 heteroatoms. The molecule has 0 amide bonds. The number of carbonyl (C=O) groups excluding carboxylic acids is 1. The first-order valence-corrected chi connectivity index (χ1v) is 5.90. The van der Waals surface area contributed by atoms with Crippen LogP contribution >= 0.6 is 23.2 Å². The van der Waals surface area contributed by atoms with Gasteiger partial charge in [0.1, 0.15) is 0 Å². The molecule has 2 aromatic rings. The lowest BCUT2D eigenvalue weighted by Crippen LogP contribution is -2.02. The Kier molecular flexibility index (Phi) is 3.51. The summed E-state index contributed by atoms with van der Waals surface area (Å²) < 4.78 is 0. The molecular formula is C14H10Cl2O. The van der Waals surface area contributed by atoms with Crippen LogP contribution in [0.3, 0.4) is 0 Å². The van der Waals surface area contributed by atoms with Crippen molar-refractivity contribution in [3.63, 3.8) is 0 Å². The Hall–Kier alpha value is -1.31. The third-order valence-electron chi connectivity index (χ3n) is 2.51. The summed E-state index contributed by atoms with van der Waals surface area (Å²) in [7, 11) is 0. The average molecular weight is 265 g/mol. The second-order valence-electron chi connectivity index (χ2n) is 3.80. The van der Waals surface area contributed by atoms with Crippen LogP contribution in [0.25, 0.3) is 0 Å². The maximum Gasteiger partial charge on any atom is 0.194 e. The predicted octanol–water partition coefficient (Wildman–Crippen LogP) is 4.53. The van der Waals surface area contributed by atoms with Crippen molar-refractivity contribution < 1.29 is 4.79 Å². The lowest BCUT2D eigenvalue weighted by molar-refractivity contribution is 0.103. The normalized spacial score (nSPS) is 10.3. The number of hydrogen-bond donors (Lipinski definition) is 0. The molecule has 0 fully saturated rings. The van der Waals surface area contributed by atoms with E-state index >= 15 is 0 Å². The van der Waals surface area contributed by atoms with Crippen molar-refractivity contribution in [3.05, 3.63) is 69.2 Å². The number of benzene rings is 2. The number of carbonyl (C=O) groups is 1. The van der Waals surface area contributed by atoms with Crippen LogP contribution in [0.4, 0.5) is 0 Å². The van der Waals surface area contributed by atoms with Crippen LogP contribution in [-0.2, 0) is 0 Å². The molecule has 0 atom stereocenters. The van der Waals surface area contributed by atoms with Gasteiger partial charge < -0.3 is 0 Å². The zero-order chi connectivity index (χ0) is 12.4. The molecule has 0 aliphatic heterocycles. The molecule has 2 aromatic carbocycles. The van der Waals surface area contributed by atoms with Crippen LogP contribution in [0, 0.1) is 6.92 Å². The third-order valence-corrected chi connectivity index (χ3v) is 3.33. The highest BCUT2D eigenvalue weighted by molar-refractivity contribution is 6.44. The van der Waals surface area contributed by atoms with Crippen molar-refractivity contribution >= 4 is 29.0 Å². The van der Waals surface area contributed by atoms with Gasteiger partial charge in [-0.15, -0.1) is 0 Å². The van der Waals surface area contributed by atoms with Gasteiger partial charge in [-0.05, 0) is 19.1 Å². The van der Waals surface area contributed by atoms with E-state index in [1.807, 2.05) is 19.1 Å². The highest BCUT2D eigenvalue weighted by Gasteiger charge is 2.14. The van der Waals surface area contributed by atoms with Crippen LogP contribution < -0.4 is 0 Å². The number of hydrogen-bond acceptors (Lipinski definition) is 1. The summed E-state index contributed by atoms with van der Waals surface area (Å²) in [5.41, 5.74) is 2.15. The van der Waals surface area contributed by atoms with Crippen molar-refractivity contribution in [3.8, 4) is 0 Å². The Bertz CT molecular complexity index is 559. The second kappa shape index (κ2) is 4.91. The highest BCUT2D eigenvalue weighted by atomic mass is 35.5. The van der Waals surface area contributed by atoms with Gasteiger partial charge in [0.15, 0.2) is 5.78 Å². The van der Waals surface area contributed by atoms with Gasteiger partial charge >= 0.3 is 0 Å². The first kappa shape index (κ1) is 12.2. The van der Waals surface area contributed by atoms with Crippen molar-refractivity contribution in [1.82, 2.24) is 0 Å². The highest BCUT2D eigenvalue weighted by Crippen LogP contribution is 2.27. The SMILES string of the molecule is Cc1ccc(C(=O)c2cccc(Cl)c2Cl)cc1. The zero-order valence-corrected chi connectivity index (χ0v) is 10.7. The van der Waals surface area contributed by atoms with E-state index in [1.165, 1.54) is 0 Å². The maximum absolute atomic E-state index is 12.2. The molecule has 0 bridgehead atoms. The summed E-state index contributed by atoms with van der Waals surface area (Å²) in [5.74, 6) is -0.113. The molecule has 1 nitrogen and oxygen atoms in total. The lowest BCUT2D eigenvalue weighted by Gasteiger charge is -2.05. The monoisotopic (exact) mass is 264 g/mol. The molecule has 0 saturated heterocycles. The zero-order valence-electron chi connectivity index (χ0n) is 9.21. The van der Waals surface area contributed by atoms with Gasteiger partial charge in [-0.3, -0.25) is 4.79 Å². The van der Waals surface area contributed by atoms with E-state index in [4.69, 9.17) is 23.2 Å². The van der Waals surface area contributed by atoms with Gasteiger partial charge in [0.05, 0.1) is 10.0 Å². The predicted molar refractivity (Wildman–Crippen MR) is 71.1 cm³/mol. The van der Waals surface area contributed by atoms with Gasteiger partial charge in [0.25, 0.3) is 0 Å². The third kappa shape index (κ3) is 2.51. The molecule has 0 aliphatic rings. The van der Waals surface area contributed by atoms with E-state index in [1.54, 1.807) is 30.3 Å². The largest absolute Gasteiger partial charge is 0.289 e. The summed E-state index contributed by atoms with van der Waals surface area (Å²) in [6.07, 6.45) is 0. The fourth-order valence-electron chi connectivity index (χ4n) is 1.54. The summed E-state index contributed by atoms with van der Waals surface area (Å²) in [6, 6.07) is 12.4. The Morgan fingerprint density at radius 1 is 1.00 bits per heavy atom. The van der Waals surface area contributed by atoms with E-state index in [2.05, 4.69) is 0 Å². The Labute approximate surface area is 110 Å². The van der Waals surface area contributed by atoms with Gasteiger partial charge in [0, 0.05) is 11.1 Å². The smallest absolute Gasteiger partial charge is 0.194 e. The molecule has 0 spiro atoms. The second-order valence-corrected chi connectivity index (χ2v) is 4.58. The summed E-state index contributed by atoms with van der Waals surface area (Å²) in [6.45, 7) is 1.97. The van der Waals surface area contributed by atoms with Crippen LogP contribution in [0.15, 0.2) is 42.5 Å². The molecule has 0 saturated carbocycles. The van der Waals surface area contributed by atoms with Crippen LogP contribution in [-0.4, -0.2) is 5.78 Å². The maximum atomic E-state index is 12.2. The van der Waals surface area contributed by atoms with Crippen LogP contribution in [0.5, 0.6) is 0 Å². The molecule has 0 N–H and O–H groups in total. The van der Waals surface area contributed by atoms with Crippen molar-refractivity contribution in [1.29, 1.82) is 0 Å². The van der Waals surface area contributed by atoms with E-state index in [9.17, 15) is 4.79 Å². The fraction of sp³-hybridized carbons (Fsp3) is 0.0714.